The smallest absolute Gasteiger partial charge is 0.326 e. The van der Waals surface area contributed by atoms with E-state index in [1.165, 1.54) is 0 Å². The lowest BCUT2D eigenvalue weighted by Crippen LogP contribution is -2.37. The summed E-state index contributed by atoms with van der Waals surface area (Å²) in [7, 11) is 0. The molecule has 0 aromatic rings. The Labute approximate surface area is 112 Å². The van der Waals surface area contributed by atoms with Gasteiger partial charge in [0, 0.05) is 13.0 Å². The first-order valence-electron chi connectivity index (χ1n) is 7.02. The van der Waals surface area contributed by atoms with Crippen molar-refractivity contribution in [2.75, 3.05) is 6.54 Å². The fourth-order valence-electron chi connectivity index (χ4n) is 2.45. The van der Waals surface area contributed by atoms with Crippen LogP contribution in [0, 0.1) is 0 Å². The number of alkyl halides is 3. The van der Waals surface area contributed by atoms with Crippen LogP contribution in [-0.4, -0.2) is 35.7 Å². The molecule has 1 fully saturated rings. The molecule has 0 spiro atoms. The van der Waals surface area contributed by atoms with Gasteiger partial charge in [0.05, 0.1) is 12.2 Å². The summed E-state index contributed by atoms with van der Waals surface area (Å²) in [5, 5.41) is 3.25. The molecule has 1 amide bonds. The van der Waals surface area contributed by atoms with Crippen molar-refractivity contribution in [2.45, 2.75) is 70.8 Å². The standard InChI is InChI=1S/C13H23F3N2O/c1-3-7-10-12(19)18(11(4-2)17-10)9-6-5-8-13(14,15)16/h10-11,17H,3-9H2,1-2H3. The van der Waals surface area contributed by atoms with Crippen LogP contribution in [0.1, 0.15) is 52.4 Å². The van der Waals surface area contributed by atoms with Crippen LogP contribution in [0.3, 0.4) is 0 Å². The Morgan fingerprint density at radius 2 is 1.95 bits per heavy atom. The van der Waals surface area contributed by atoms with Gasteiger partial charge in [-0.1, -0.05) is 20.3 Å². The second-order valence-electron chi connectivity index (χ2n) is 5.04. The number of hydrogen-bond acceptors (Lipinski definition) is 2. The van der Waals surface area contributed by atoms with Crippen molar-refractivity contribution >= 4 is 5.91 Å². The highest BCUT2D eigenvalue weighted by atomic mass is 19.4. The van der Waals surface area contributed by atoms with E-state index >= 15 is 0 Å². The van der Waals surface area contributed by atoms with E-state index in [2.05, 4.69) is 5.32 Å². The van der Waals surface area contributed by atoms with E-state index in [1.807, 2.05) is 13.8 Å². The average molecular weight is 280 g/mol. The van der Waals surface area contributed by atoms with Gasteiger partial charge in [0.2, 0.25) is 5.91 Å². The normalized spacial score (nSPS) is 24.3. The zero-order valence-corrected chi connectivity index (χ0v) is 11.6. The highest BCUT2D eigenvalue weighted by Gasteiger charge is 2.36. The molecule has 1 N–H and O–H groups in total. The van der Waals surface area contributed by atoms with E-state index in [4.69, 9.17) is 0 Å². The monoisotopic (exact) mass is 280 g/mol. The van der Waals surface area contributed by atoms with E-state index < -0.39 is 12.6 Å². The van der Waals surface area contributed by atoms with E-state index in [9.17, 15) is 18.0 Å². The molecule has 1 aliphatic heterocycles. The highest BCUT2D eigenvalue weighted by molar-refractivity contribution is 5.84. The van der Waals surface area contributed by atoms with E-state index in [-0.39, 0.29) is 24.5 Å². The highest BCUT2D eigenvalue weighted by Crippen LogP contribution is 2.23. The van der Waals surface area contributed by atoms with Crippen LogP contribution in [0.4, 0.5) is 13.2 Å². The van der Waals surface area contributed by atoms with Gasteiger partial charge in [-0.05, 0) is 25.7 Å². The predicted octanol–water partition coefficient (Wildman–Crippen LogP) is 3.06. The molecule has 3 nitrogen and oxygen atoms in total. The van der Waals surface area contributed by atoms with Crippen LogP contribution in [-0.2, 0) is 4.79 Å². The number of nitrogens with zero attached hydrogens (tertiary/aromatic N) is 1. The van der Waals surface area contributed by atoms with Crippen LogP contribution in [0.5, 0.6) is 0 Å². The third-order valence-electron chi connectivity index (χ3n) is 3.42. The SMILES string of the molecule is CCCC1NC(CC)N(CCCCC(F)(F)F)C1=O. The van der Waals surface area contributed by atoms with Crippen LogP contribution < -0.4 is 5.32 Å². The van der Waals surface area contributed by atoms with Gasteiger partial charge in [0.1, 0.15) is 0 Å². The van der Waals surface area contributed by atoms with Crippen LogP contribution in [0.25, 0.3) is 0 Å². The predicted molar refractivity (Wildman–Crippen MR) is 67.5 cm³/mol. The molecule has 1 heterocycles. The fraction of sp³-hybridized carbons (Fsp3) is 0.923. The molecule has 1 saturated heterocycles. The molecule has 0 aliphatic carbocycles. The Morgan fingerprint density at radius 1 is 1.26 bits per heavy atom. The summed E-state index contributed by atoms with van der Waals surface area (Å²) in [6.45, 7) is 4.41. The minimum Gasteiger partial charge on any atom is -0.326 e. The molecule has 19 heavy (non-hydrogen) atoms. The molecule has 0 radical (unpaired) electrons. The van der Waals surface area contributed by atoms with Crippen molar-refractivity contribution < 1.29 is 18.0 Å². The van der Waals surface area contributed by atoms with Crippen molar-refractivity contribution in [3.05, 3.63) is 0 Å². The Morgan fingerprint density at radius 3 is 2.47 bits per heavy atom. The van der Waals surface area contributed by atoms with Crippen molar-refractivity contribution in [1.82, 2.24) is 10.2 Å². The minimum absolute atomic E-state index is 0.0186. The van der Waals surface area contributed by atoms with Gasteiger partial charge in [-0.25, -0.2) is 0 Å². The Bertz CT molecular complexity index is 294. The van der Waals surface area contributed by atoms with Crippen molar-refractivity contribution in [3.8, 4) is 0 Å². The van der Waals surface area contributed by atoms with Gasteiger partial charge in [-0.2, -0.15) is 13.2 Å². The third-order valence-corrected chi connectivity index (χ3v) is 3.42. The molecule has 0 aromatic heterocycles. The van der Waals surface area contributed by atoms with Crippen molar-refractivity contribution in [1.29, 1.82) is 0 Å². The molecule has 0 bridgehead atoms. The second kappa shape index (κ2) is 7.12. The molecule has 1 aliphatic rings. The molecule has 0 aromatic carbocycles. The molecule has 2 unspecified atom stereocenters. The number of hydrogen-bond donors (Lipinski definition) is 1. The number of halogens is 3. The Kier molecular flexibility index (Phi) is 6.10. The maximum Gasteiger partial charge on any atom is 0.389 e. The van der Waals surface area contributed by atoms with Crippen LogP contribution in [0.2, 0.25) is 0 Å². The number of rotatable bonds is 7. The summed E-state index contributed by atoms with van der Waals surface area (Å²) in [5.74, 6) is 0.0423. The van der Waals surface area contributed by atoms with Crippen LogP contribution >= 0.6 is 0 Å². The maximum atomic E-state index is 12.1. The molecular weight excluding hydrogens is 257 g/mol. The quantitative estimate of drug-likeness (QED) is 0.727. The van der Waals surface area contributed by atoms with Gasteiger partial charge in [-0.15, -0.1) is 0 Å². The topological polar surface area (TPSA) is 32.3 Å². The molecule has 112 valence electrons. The molecular formula is C13H23F3N2O. The van der Waals surface area contributed by atoms with Gasteiger partial charge in [0.25, 0.3) is 0 Å². The van der Waals surface area contributed by atoms with Crippen molar-refractivity contribution in [3.63, 3.8) is 0 Å². The minimum atomic E-state index is -4.10. The largest absolute Gasteiger partial charge is 0.389 e. The summed E-state index contributed by atoms with van der Waals surface area (Å²) in [6, 6.07) is -0.155. The lowest BCUT2D eigenvalue weighted by atomic mass is 10.1. The number of carbonyl (C=O) groups excluding carboxylic acids is 1. The van der Waals surface area contributed by atoms with Gasteiger partial charge in [0.15, 0.2) is 0 Å². The summed E-state index contributed by atoms with van der Waals surface area (Å²) in [5.41, 5.74) is 0. The van der Waals surface area contributed by atoms with Gasteiger partial charge in [-0.3, -0.25) is 10.1 Å². The second-order valence-corrected chi connectivity index (χ2v) is 5.04. The van der Waals surface area contributed by atoms with E-state index in [0.29, 0.717) is 13.0 Å². The lowest BCUT2D eigenvalue weighted by Gasteiger charge is -2.23. The average Bonchev–Trinajstić information content (AvgIpc) is 2.62. The zero-order chi connectivity index (χ0) is 14.5. The van der Waals surface area contributed by atoms with Gasteiger partial charge >= 0.3 is 6.18 Å². The first kappa shape index (κ1) is 16.3. The number of nitrogens with one attached hydrogen (secondary N) is 1. The fourth-order valence-corrected chi connectivity index (χ4v) is 2.45. The maximum absolute atomic E-state index is 12.1. The summed E-state index contributed by atoms with van der Waals surface area (Å²) >= 11 is 0. The zero-order valence-electron chi connectivity index (χ0n) is 11.6. The lowest BCUT2D eigenvalue weighted by molar-refractivity contribution is -0.136. The van der Waals surface area contributed by atoms with E-state index in [0.717, 1.165) is 19.3 Å². The molecule has 6 heteroatoms. The Hall–Kier alpha value is -0.780. The first-order chi connectivity index (χ1) is 8.89. The number of unbranched alkanes of at least 4 members (excludes halogenated alkanes) is 1. The number of carbonyl (C=O) groups is 1. The van der Waals surface area contributed by atoms with Gasteiger partial charge < -0.3 is 4.90 Å². The van der Waals surface area contributed by atoms with E-state index in [1.54, 1.807) is 4.90 Å². The first-order valence-corrected chi connectivity index (χ1v) is 7.02. The Balaban J connectivity index is 2.40. The summed E-state index contributed by atoms with van der Waals surface area (Å²) < 4.78 is 36.1. The number of amides is 1. The molecule has 2 atom stereocenters. The molecule has 1 rings (SSSR count). The summed E-state index contributed by atoms with van der Waals surface area (Å²) in [6.07, 6.45) is -1.90. The molecule has 0 saturated carbocycles. The van der Waals surface area contributed by atoms with Crippen molar-refractivity contribution in [2.24, 2.45) is 0 Å². The summed E-state index contributed by atoms with van der Waals surface area (Å²) in [4.78, 5) is 13.8. The third kappa shape index (κ3) is 5.01. The van der Waals surface area contributed by atoms with Crippen LogP contribution in [0.15, 0.2) is 0 Å².